The van der Waals surface area contributed by atoms with E-state index in [4.69, 9.17) is 4.74 Å². The molecule has 1 aromatic carbocycles. The molecule has 0 aliphatic heterocycles. The van der Waals surface area contributed by atoms with Gasteiger partial charge in [-0.15, -0.1) is 11.3 Å². The molecule has 0 aliphatic rings. The zero-order chi connectivity index (χ0) is 15.9. The predicted molar refractivity (Wildman–Crippen MR) is 84.3 cm³/mol. The molecule has 0 bridgehead atoms. The highest BCUT2D eigenvalue weighted by Gasteiger charge is 2.14. The topological polar surface area (TPSA) is 80.3 Å². The molecular weight excluding hydrogens is 302 g/mol. The fourth-order valence-electron chi connectivity index (χ4n) is 1.73. The Balaban J connectivity index is 1.93. The standard InChI is InChI=1S/C15H17N3O3S/c1-3-16-14(20)15-18-12(9-22-15)13(19)17-8-10-4-6-11(21-2)7-5-10/h4-7,9H,3,8H2,1-2H3,(H,16,20)(H,17,19). The first-order chi connectivity index (χ1) is 10.6. The van der Waals surface area contributed by atoms with Crippen LogP contribution in [-0.2, 0) is 6.54 Å². The molecule has 2 amide bonds. The van der Waals surface area contributed by atoms with E-state index in [1.54, 1.807) is 12.5 Å². The third-order valence-electron chi connectivity index (χ3n) is 2.88. The lowest BCUT2D eigenvalue weighted by Crippen LogP contribution is -2.25. The lowest BCUT2D eigenvalue weighted by atomic mass is 10.2. The molecule has 1 aromatic heterocycles. The Bertz CT molecular complexity index is 652. The first-order valence-corrected chi connectivity index (χ1v) is 7.67. The molecule has 22 heavy (non-hydrogen) atoms. The average Bonchev–Trinajstić information content (AvgIpc) is 3.03. The minimum Gasteiger partial charge on any atom is -0.497 e. The second-order valence-electron chi connectivity index (χ2n) is 4.43. The number of thiazole rings is 1. The normalized spacial score (nSPS) is 10.1. The monoisotopic (exact) mass is 319 g/mol. The van der Waals surface area contributed by atoms with E-state index in [0.29, 0.717) is 13.1 Å². The Labute approximate surface area is 132 Å². The Morgan fingerprint density at radius 2 is 1.91 bits per heavy atom. The van der Waals surface area contributed by atoms with E-state index in [2.05, 4.69) is 15.6 Å². The lowest BCUT2D eigenvalue weighted by molar-refractivity contribution is 0.0946. The van der Waals surface area contributed by atoms with Crippen LogP contribution in [0.15, 0.2) is 29.6 Å². The van der Waals surface area contributed by atoms with Crippen molar-refractivity contribution in [3.05, 3.63) is 45.9 Å². The summed E-state index contributed by atoms with van der Waals surface area (Å²) in [7, 11) is 1.60. The SMILES string of the molecule is CCNC(=O)c1nc(C(=O)NCc2ccc(OC)cc2)cs1. The molecule has 6 nitrogen and oxygen atoms in total. The Morgan fingerprint density at radius 1 is 1.18 bits per heavy atom. The molecule has 0 saturated heterocycles. The van der Waals surface area contributed by atoms with E-state index in [-0.39, 0.29) is 22.5 Å². The van der Waals surface area contributed by atoms with Crippen LogP contribution in [0.1, 0.15) is 32.8 Å². The van der Waals surface area contributed by atoms with Crippen LogP contribution in [0.4, 0.5) is 0 Å². The average molecular weight is 319 g/mol. The van der Waals surface area contributed by atoms with Crippen molar-refractivity contribution in [3.63, 3.8) is 0 Å². The van der Waals surface area contributed by atoms with Crippen LogP contribution in [0.25, 0.3) is 0 Å². The van der Waals surface area contributed by atoms with Gasteiger partial charge in [-0.25, -0.2) is 4.98 Å². The van der Waals surface area contributed by atoms with Crippen LogP contribution in [0, 0.1) is 0 Å². The van der Waals surface area contributed by atoms with Gasteiger partial charge < -0.3 is 15.4 Å². The van der Waals surface area contributed by atoms with Gasteiger partial charge in [0.15, 0.2) is 5.01 Å². The Kier molecular flexibility index (Phi) is 5.48. The molecule has 2 rings (SSSR count). The summed E-state index contributed by atoms with van der Waals surface area (Å²) < 4.78 is 5.08. The molecule has 0 saturated carbocycles. The molecule has 0 spiro atoms. The summed E-state index contributed by atoms with van der Waals surface area (Å²) in [4.78, 5) is 27.7. The number of carbonyl (C=O) groups is 2. The van der Waals surface area contributed by atoms with Crippen LogP contribution in [0.3, 0.4) is 0 Å². The summed E-state index contributed by atoms with van der Waals surface area (Å²) in [6.45, 7) is 2.74. The predicted octanol–water partition coefficient (Wildman–Crippen LogP) is 1.83. The number of aromatic nitrogens is 1. The van der Waals surface area contributed by atoms with Crippen LogP contribution in [0.5, 0.6) is 5.75 Å². The molecule has 0 atom stereocenters. The molecule has 2 N–H and O–H groups in total. The lowest BCUT2D eigenvalue weighted by Gasteiger charge is -2.05. The van der Waals surface area contributed by atoms with Crippen molar-refractivity contribution in [2.75, 3.05) is 13.7 Å². The number of carbonyl (C=O) groups excluding carboxylic acids is 2. The van der Waals surface area contributed by atoms with Crippen LogP contribution < -0.4 is 15.4 Å². The van der Waals surface area contributed by atoms with E-state index in [0.717, 1.165) is 22.6 Å². The van der Waals surface area contributed by atoms with Gasteiger partial charge in [-0.3, -0.25) is 9.59 Å². The zero-order valence-electron chi connectivity index (χ0n) is 12.4. The van der Waals surface area contributed by atoms with Crippen molar-refractivity contribution in [3.8, 4) is 5.75 Å². The maximum absolute atomic E-state index is 12.0. The maximum atomic E-state index is 12.0. The number of nitrogens with one attached hydrogen (secondary N) is 2. The first kappa shape index (κ1) is 16.0. The van der Waals surface area contributed by atoms with Crippen molar-refractivity contribution >= 4 is 23.2 Å². The number of nitrogens with zero attached hydrogens (tertiary/aromatic N) is 1. The number of hydrogen-bond acceptors (Lipinski definition) is 5. The third kappa shape index (κ3) is 4.05. The second kappa shape index (κ2) is 7.56. The fourth-order valence-corrected chi connectivity index (χ4v) is 2.45. The van der Waals surface area contributed by atoms with Crippen molar-refractivity contribution in [1.29, 1.82) is 0 Å². The van der Waals surface area contributed by atoms with Gasteiger partial charge in [0.1, 0.15) is 11.4 Å². The van der Waals surface area contributed by atoms with Crippen LogP contribution in [0.2, 0.25) is 0 Å². The Morgan fingerprint density at radius 3 is 2.55 bits per heavy atom. The molecular formula is C15H17N3O3S. The third-order valence-corrected chi connectivity index (χ3v) is 3.72. The minimum atomic E-state index is -0.303. The summed E-state index contributed by atoms with van der Waals surface area (Å²) in [6, 6.07) is 7.41. The van der Waals surface area contributed by atoms with Crippen molar-refractivity contribution in [2.45, 2.75) is 13.5 Å². The van der Waals surface area contributed by atoms with Gasteiger partial charge in [-0.1, -0.05) is 12.1 Å². The van der Waals surface area contributed by atoms with E-state index in [1.165, 1.54) is 0 Å². The smallest absolute Gasteiger partial charge is 0.280 e. The number of hydrogen-bond donors (Lipinski definition) is 2. The number of rotatable bonds is 6. The molecule has 116 valence electrons. The highest BCUT2D eigenvalue weighted by molar-refractivity contribution is 7.11. The molecule has 0 radical (unpaired) electrons. The number of amides is 2. The van der Waals surface area contributed by atoms with Gasteiger partial charge in [0, 0.05) is 18.5 Å². The maximum Gasteiger partial charge on any atom is 0.280 e. The molecule has 7 heteroatoms. The van der Waals surface area contributed by atoms with E-state index >= 15 is 0 Å². The van der Waals surface area contributed by atoms with E-state index in [9.17, 15) is 9.59 Å². The number of methoxy groups -OCH3 is 1. The second-order valence-corrected chi connectivity index (χ2v) is 5.29. The minimum absolute atomic E-state index is 0.250. The molecule has 1 heterocycles. The van der Waals surface area contributed by atoms with E-state index in [1.807, 2.05) is 31.2 Å². The van der Waals surface area contributed by atoms with Crippen molar-refractivity contribution in [1.82, 2.24) is 15.6 Å². The summed E-state index contributed by atoms with van der Waals surface area (Å²) >= 11 is 1.15. The number of benzene rings is 1. The largest absolute Gasteiger partial charge is 0.497 e. The van der Waals surface area contributed by atoms with Gasteiger partial charge >= 0.3 is 0 Å². The highest BCUT2D eigenvalue weighted by atomic mass is 32.1. The van der Waals surface area contributed by atoms with Gasteiger partial charge in [-0.2, -0.15) is 0 Å². The van der Waals surface area contributed by atoms with E-state index < -0.39 is 0 Å². The van der Waals surface area contributed by atoms with Crippen LogP contribution >= 0.6 is 11.3 Å². The van der Waals surface area contributed by atoms with Gasteiger partial charge in [0.05, 0.1) is 7.11 Å². The quantitative estimate of drug-likeness (QED) is 0.851. The number of ether oxygens (including phenoxy) is 1. The zero-order valence-corrected chi connectivity index (χ0v) is 13.2. The molecule has 0 aliphatic carbocycles. The van der Waals surface area contributed by atoms with Crippen molar-refractivity contribution in [2.24, 2.45) is 0 Å². The van der Waals surface area contributed by atoms with Gasteiger partial charge in [0.25, 0.3) is 11.8 Å². The summed E-state index contributed by atoms with van der Waals surface area (Å²) in [5.74, 6) is 0.200. The molecule has 0 fully saturated rings. The molecule has 0 unspecified atom stereocenters. The fraction of sp³-hybridized carbons (Fsp3) is 0.267. The van der Waals surface area contributed by atoms with Gasteiger partial charge in [-0.05, 0) is 24.6 Å². The molecule has 2 aromatic rings. The van der Waals surface area contributed by atoms with Crippen LogP contribution in [-0.4, -0.2) is 30.5 Å². The first-order valence-electron chi connectivity index (χ1n) is 6.79. The summed E-state index contributed by atoms with van der Waals surface area (Å²) in [5, 5.41) is 7.28. The highest BCUT2D eigenvalue weighted by Crippen LogP contribution is 2.12. The summed E-state index contributed by atoms with van der Waals surface area (Å²) in [5.41, 5.74) is 1.20. The Hall–Kier alpha value is -2.41. The summed E-state index contributed by atoms with van der Waals surface area (Å²) in [6.07, 6.45) is 0. The van der Waals surface area contributed by atoms with Crippen molar-refractivity contribution < 1.29 is 14.3 Å². The van der Waals surface area contributed by atoms with Gasteiger partial charge in [0.2, 0.25) is 0 Å².